The van der Waals surface area contributed by atoms with Crippen LogP contribution in [0.2, 0.25) is 10.0 Å². The molecular weight excluding hydrogens is 409 g/mol. The molecule has 1 aliphatic heterocycles. The van der Waals surface area contributed by atoms with E-state index in [1.54, 1.807) is 6.07 Å². The molecule has 7 heteroatoms. The zero-order valence-electron chi connectivity index (χ0n) is 16.1. The van der Waals surface area contributed by atoms with Gasteiger partial charge in [0, 0.05) is 10.6 Å². The van der Waals surface area contributed by atoms with Crippen molar-refractivity contribution in [3.8, 4) is 11.1 Å². The number of amides is 1. The highest BCUT2D eigenvalue weighted by Crippen LogP contribution is 2.43. The fourth-order valence-electron chi connectivity index (χ4n) is 4.11. The number of aliphatic hydroxyl groups excluding tert-OH is 1. The van der Waals surface area contributed by atoms with Crippen molar-refractivity contribution in [1.29, 1.82) is 0 Å². The normalized spacial score (nSPS) is 23.1. The van der Waals surface area contributed by atoms with Gasteiger partial charge in [-0.25, -0.2) is 4.99 Å². The average molecular weight is 432 g/mol. The lowest BCUT2D eigenvalue weighted by Gasteiger charge is -2.39. The molecule has 0 spiro atoms. The highest BCUT2D eigenvalue weighted by molar-refractivity contribution is 6.34. The van der Waals surface area contributed by atoms with Crippen LogP contribution >= 0.6 is 23.2 Å². The Morgan fingerprint density at radius 2 is 2.00 bits per heavy atom. The predicted molar refractivity (Wildman–Crippen MR) is 116 cm³/mol. The van der Waals surface area contributed by atoms with E-state index in [9.17, 15) is 9.90 Å². The van der Waals surface area contributed by atoms with Gasteiger partial charge in [-0.05, 0) is 48.9 Å². The Morgan fingerprint density at radius 3 is 2.62 bits per heavy atom. The van der Waals surface area contributed by atoms with Crippen LogP contribution in [0.15, 0.2) is 47.5 Å². The molecule has 29 heavy (non-hydrogen) atoms. The minimum atomic E-state index is -0.882. The van der Waals surface area contributed by atoms with Gasteiger partial charge in [0.25, 0.3) is 0 Å². The third kappa shape index (κ3) is 3.75. The topological polar surface area (TPSA) is 78.9 Å². The SMILES string of the molecule is C[C@@]1(c2cccc(-c3cccc(Cl)c3)c2Cl)CC(=O)N([C@@H](CO)C2CC2)C(N)=N1. The summed E-state index contributed by atoms with van der Waals surface area (Å²) in [6.07, 6.45) is 2.12. The quantitative estimate of drug-likeness (QED) is 0.744. The maximum Gasteiger partial charge on any atom is 0.232 e. The van der Waals surface area contributed by atoms with Gasteiger partial charge in [0.2, 0.25) is 5.91 Å². The van der Waals surface area contributed by atoms with E-state index in [1.807, 2.05) is 43.3 Å². The van der Waals surface area contributed by atoms with Crippen LogP contribution < -0.4 is 5.73 Å². The first-order chi connectivity index (χ1) is 13.8. The first kappa shape index (κ1) is 20.2. The van der Waals surface area contributed by atoms with Crippen LogP contribution in [0.5, 0.6) is 0 Å². The number of aliphatic imine (C=N–C) groups is 1. The summed E-state index contributed by atoms with van der Waals surface area (Å²) in [6, 6.07) is 12.8. The zero-order chi connectivity index (χ0) is 20.8. The van der Waals surface area contributed by atoms with Crippen molar-refractivity contribution >= 4 is 35.1 Å². The van der Waals surface area contributed by atoms with Gasteiger partial charge in [-0.1, -0.05) is 53.5 Å². The van der Waals surface area contributed by atoms with Gasteiger partial charge >= 0.3 is 0 Å². The third-order valence-corrected chi connectivity index (χ3v) is 6.41. The summed E-state index contributed by atoms with van der Waals surface area (Å²) in [5, 5.41) is 10.9. The van der Waals surface area contributed by atoms with Crippen LogP contribution in [0.4, 0.5) is 0 Å². The molecule has 1 heterocycles. The van der Waals surface area contributed by atoms with Crippen LogP contribution in [0.25, 0.3) is 11.1 Å². The highest BCUT2D eigenvalue weighted by atomic mass is 35.5. The predicted octanol–water partition coefficient (Wildman–Crippen LogP) is 4.19. The molecule has 0 bridgehead atoms. The van der Waals surface area contributed by atoms with Crippen LogP contribution in [0.1, 0.15) is 31.7 Å². The Morgan fingerprint density at radius 1 is 1.28 bits per heavy atom. The molecule has 0 aromatic heterocycles. The number of carbonyl (C=O) groups excluding carboxylic acids is 1. The lowest BCUT2D eigenvalue weighted by Crippen LogP contribution is -2.56. The van der Waals surface area contributed by atoms with Crippen LogP contribution in [0, 0.1) is 5.92 Å². The molecule has 2 aliphatic rings. The molecule has 0 unspecified atom stereocenters. The van der Waals surface area contributed by atoms with Crippen molar-refractivity contribution in [3.05, 3.63) is 58.1 Å². The molecule has 2 atom stereocenters. The summed E-state index contributed by atoms with van der Waals surface area (Å²) in [7, 11) is 0. The number of hydrogen-bond donors (Lipinski definition) is 2. The van der Waals surface area contributed by atoms with Crippen LogP contribution in [-0.4, -0.2) is 34.5 Å². The largest absolute Gasteiger partial charge is 0.394 e. The summed E-state index contributed by atoms with van der Waals surface area (Å²) >= 11 is 12.9. The fraction of sp³-hybridized carbons (Fsp3) is 0.364. The maximum absolute atomic E-state index is 13.0. The van der Waals surface area contributed by atoms with Crippen LogP contribution in [-0.2, 0) is 10.3 Å². The van der Waals surface area contributed by atoms with Gasteiger partial charge in [-0.3, -0.25) is 9.69 Å². The molecule has 3 N–H and O–H groups in total. The molecule has 5 nitrogen and oxygen atoms in total. The number of halogens is 2. The molecule has 1 aliphatic carbocycles. The molecule has 2 aromatic rings. The second-order valence-corrected chi connectivity index (χ2v) is 8.76. The van der Waals surface area contributed by atoms with Crippen LogP contribution in [0.3, 0.4) is 0 Å². The Balaban J connectivity index is 1.74. The van der Waals surface area contributed by atoms with E-state index in [-0.39, 0.29) is 36.9 Å². The van der Waals surface area contributed by atoms with Crippen molar-refractivity contribution in [3.63, 3.8) is 0 Å². The van der Waals surface area contributed by atoms with E-state index >= 15 is 0 Å². The van der Waals surface area contributed by atoms with Crippen molar-refractivity contribution in [2.75, 3.05) is 6.61 Å². The Kier molecular flexibility index (Phi) is 5.32. The molecule has 4 rings (SSSR count). The van der Waals surface area contributed by atoms with E-state index in [0.717, 1.165) is 29.5 Å². The van der Waals surface area contributed by atoms with E-state index in [2.05, 4.69) is 4.99 Å². The maximum atomic E-state index is 13.0. The van der Waals surface area contributed by atoms with Gasteiger partial charge < -0.3 is 10.8 Å². The fourth-order valence-corrected chi connectivity index (χ4v) is 4.74. The van der Waals surface area contributed by atoms with E-state index in [4.69, 9.17) is 28.9 Å². The van der Waals surface area contributed by atoms with E-state index < -0.39 is 5.54 Å². The lowest BCUT2D eigenvalue weighted by atomic mass is 9.85. The summed E-state index contributed by atoms with van der Waals surface area (Å²) < 4.78 is 0. The Bertz CT molecular complexity index is 990. The van der Waals surface area contributed by atoms with Gasteiger partial charge in [0.1, 0.15) is 0 Å². The summed E-state index contributed by atoms with van der Waals surface area (Å²) in [4.78, 5) is 19.2. The summed E-state index contributed by atoms with van der Waals surface area (Å²) in [5.41, 5.74) is 7.79. The smallest absolute Gasteiger partial charge is 0.232 e. The number of nitrogens with zero attached hydrogens (tertiary/aromatic N) is 2. The average Bonchev–Trinajstić information content (AvgIpc) is 3.49. The lowest BCUT2D eigenvalue weighted by molar-refractivity contribution is -0.132. The van der Waals surface area contributed by atoms with Crippen molar-refractivity contribution in [1.82, 2.24) is 4.90 Å². The number of carbonyl (C=O) groups is 1. The minimum absolute atomic E-state index is 0.117. The highest BCUT2D eigenvalue weighted by Gasteiger charge is 2.45. The van der Waals surface area contributed by atoms with Crippen molar-refractivity contribution < 1.29 is 9.90 Å². The van der Waals surface area contributed by atoms with Gasteiger partial charge in [-0.2, -0.15) is 0 Å². The standard InChI is InChI=1S/C22H23Cl2N3O2/c1-22(11-19(29)27(21(25)26-22)18(12-28)13-8-9-13)17-7-3-6-16(20(17)24)14-4-2-5-15(23)10-14/h2-7,10,13,18,28H,8-9,11-12H2,1H3,(H2,25,26)/t18-,22-/m0/s1. The molecule has 0 saturated heterocycles. The number of aliphatic hydroxyl groups is 1. The third-order valence-electron chi connectivity index (χ3n) is 5.77. The monoisotopic (exact) mass is 431 g/mol. The van der Waals surface area contributed by atoms with Crippen molar-refractivity contribution in [2.24, 2.45) is 16.6 Å². The molecule has 152 valence electrons. The number of nitrogens with two attached hydrogens (primary N) is 1. The number of hydrogen-bond acceptors (Lipinski definition) is 4. The molecule has 1 saturated carbocycles. The van der Waals surface area contributed by atoms with Gasteiger partial charge in [0.05, 0.1) is 29.6 Å². The number of rotatable bonds is 5. The molecule has 1 fully saturated rings. The summed E-state index contributed by atoms with van der Waals surface area (Å²) in [6.45, 7) is 1.75. The molecule has 0 radical (unpaired) electrons. The minimum Gasteiger partial charge on any atom is -0.394 e. The van der Waals surface area contributed by atoms with E-state index in [0.29, 0.717) is 10.0 Å². The van der Waals surface area contributed by atoms with Crippen molar-refractivity contribution in [2.45, 2.75) is 37.8 Å². The van der Waals surface area contributed by atoms with Gasteiger partial charge in [0.15, 0.2) is 5.96 Å². The van der Waals surface area contributed by atoms with E-state index in [1.165, 1.54) is 4.90 Å². The Labute approximate surface area is 180 Å². The number of guanidine groups is 1. The zero-order valence-corrected chi connectivity index (χ0v) is 17.6. The summed E-state index contributed by atoms with van der Waals surface area (Å²) in [5.74, 6) is 0.283. The molecule has 2 aromatic carbocycles. The second kappa shape index (κ2) is 7.63. The van der Waals surface area contributed by atoms with Gasteiger partial charge in [-0.15, -0.1) is 0 Å². The first-order valence-corrected chi connectivity index (χ1v) is 10.4. The second-order valence-electron chi connectivity index (χ2n) is 7.95. The molecule has 1 amide bonds. The Hall–Kier alpha value is -2.08. The first-order valence-electron chi connectivity index (χ1n) is 9.67. The molecular formula is C22H23Cl2N3O2. The number of benzene rings is 2.